The molecule has 0 spiro atoms. The van der Waals surface area contributed by atoms with E-state index in [1.165, 1.54) is 11.1 Å². The molecule has 0 fully saturated rings. The van der Waals surface area contributed by atoms with E-state index in [1.807, 2.05) is 0 Å². The van der Waals surface area contributed by atoms with E-state index in [4.69, 9.17) is 6.42 Å². The average molecular weight is 252 g/mol. The highest BCUT2D eigenvalue weighted by molar-refractivity contribution is 9.10. The lowest BCUT2D eigenvalue weighted by atomic mass is 10.1. The van der Waals surface area contributed by atoms with Gasteiger partial charge in [-0.15, -0.1) is 12.3 Å². The molecule has 0 atom stereocenters. The van der Waals surface area contributed by atoms with Crippen LogP contribution in [0.2, 0.25) is 0 Å². The summed E-state index contributed by atoms with van der Waals surface area (Å²) in [5.74, 6) is 2.61. The Morgan fingerprint density at radius 1 is 1.43 bits per heavy atom. The molecule has 0 unspecified atom stereocenters. The Hall–Kier alpha value is -0.940. The Labute approximate surface area is 94.0 Å². The van der Waals surface area contributed by atoms with Crippen LogP contribution in [-0.2, 0) is 0 Å². The van der Waals surface area contributed by atoms with Gasteiger partial charge in [-0.05, 0) is 47.0 Å². The summed E-state index contributed by atoms with van der Waals surface area (Å²) in [5.41, 5.74) is 3.65. The van der Waals surface area contributed by atoms with Crippen molar-refractivity contribution in [3.8, 4) is 12.3 Å². The van der Waals surface area contributed by atoms with Crippen LogP contribution in [0.5, 0.6) is 0 Å². The lowest BCUT2D eigenvalue weighted by molar-refractivity contribution is 1.09. The molecule has 1 aromatic carbocycles. The van der Waals surface area contributed by atoms with Gasteiger partial charge in [-0.25, -0.2) is 0 Å². The van der Waals surface area contributed by atoms with Crippen LogP contribution in [-0.4, -0.2) is 6.54 Å². The fourth-order valence-corrected chi connectivity index (χ4v) is 2.21. The second-order valence-corrected chi connectivity index (χ2v) is 4.17. The largest absolute Gasteiger partial charge is 0.383 e. The molecular weight excluding hydrogens is 238 g/mol. The maximum atomic E-state index is 5.19. The van der Waals surface area contributed by atoms with Crippen LogP contribution >= 0.6 is 15.9 Å². The van der Waals surface area contributed by atoms with Crippen LogP contribution in [0.15, 0.2) is 16.6 Å². The molecule has 0 radical (unpaired) electrons. The molecule has 1 N–H and O–H groups in total. The van der Waals surface area contributed by atoms with Gasteiger partial charge in [-0.2, -0.15) is 0 Å². The first-order valence-electron chi connectivity index (χ1n) is 4.59. The minimum Gasteiger partial charge on any atom is -0.383 e. The van der Waals surface area contributed by atoms with Gasteiger partial charge in [-0.3, -0.25) is 0 Å². The summed E-state index contributed by atoms with van der Waals surface area (Å²) in [4.78, 5) is 0. The molecule has 1 nitrogen and oxygen atoms in total. The Morgan fingerprint density at radius 2 is 2.14 bits per heavy atom. The summed E-state index contributed by atoms with van der Waals surface area (Å²) in [6.07, 6.45) is 5.94. The van der Waals surface area contributed by atoms with Crippen molar-refractivity contribution in [1.82, 2.24) is 0 Å². The van der Waals surface area contributed by atoms with E-state index in [1.54, 1.807) is 0 Å². The van der Waals surface area contributed by atoms with Gasteiger partial charge in [0.15, 0.2) is 0 Å². The summed E-state index contributed by atoms with van der Waals surface area (Å²) in [7, 11) is 0. The van der Waals surface area contributed by atoms with E-state index < -0.39 is 0 Å². The van der Waals surface area contributed by atoms with E-state index in [2.05, 4.69) is 53.1 Å². The Morgan fingerprint density at radius 3 is 2.71 bits per heavy atom. The Bertz CT molecular complexity index is 340. The first kappa shape index (κ1) is 11.1. The molecule has 0 aliphatic carbocycles. The summed E-state index contributed by atoms with van der Waals surface area (Å²) >= 11 is 3.54. The molecule has 0 saturated carbocycles. The van der Waals surface area contributed by atoms with Crippen molar-refractivity contribution in [3.05, 3.63) is 27.7 Å². The molecule has 0 heterocycles. The second-order valence-electron chi connectivity index (χ2n) is 3.32. The molecular formula is C12H14BrN. The normalized spacial score (nSPS) is 9.57. The fraction of sp³-hybridized carbons (Fsp3) is 0.333. The highest BCUT2D eigenvalue weighted by Gasteiger charge is 2.03. The smallest absolute Gasteiger partial charge is 0.0514 e. The standard InChI is InChI=1S/C12H14BrN/c1-4-5-6-14-12-10(3)7-9(2)8-11(12)13/h1,7-8,14H,5-6H2,2-3H3. The molecule has 14 heavy (non-hydrogen) atoms. The lowest BCUT2D eigenvalue weighted by Crippen LogP contribution is -2.03. The topological polar surface area (TPSA) is 12.0 Å². The highest BCUT2D eigenvalue weighted by atomic mass is 79.9. The molecule has 74 valence electrons. The van der Waals surface area contributed by atoms with Crippen LogP contribution < -0.4 is 5.32 Å². The lowest BCUT2D eigenvalue weighted by Gasteiger charge is -2.11. The van der Waals surface area contributed by atoms with Gasteiger partial charge in [0.2, 0.25) is 0 Å². The maximum absolute atomic E-state index is 5.19. The van der Waals surface area contributed by atoms with Crippen molar-refractivity contribution >= 4 is 21.6 Å². The molecule has 0 saturated heterocycles. The predicted molar refractivity (Wildman–Crippen MR) is 65.6 cm³/mol. The molecule has 1 aromatic rings. The number of nitrogens with one attached hydrogen (secondary N) is 1. The third-order valence-electron chi connectivity index (χ3n) is 2.00. The van der Waals surface area contributed by atoms with Gasteiger partial charge in [0, 0.05) is 17.4 Å². The van der Waals surface area contributed by atoms with Crippen molar-refractivity contribution in [2.45, 2.75) is 20.3 Å². The number of anilines is 1. The Balaban J connectivity index is 2.81. The van der Waals surface area contributed by atoms with E-state index in [-0.39, 0.29) is 0 Å². The second kappa shape index (κ2) is 5.07. The van der Waals surface area contributed by atoms with Gasteiger partial charge in [0.05, 0.1) is 5.69 Å². The minimum absolute atomic E-state index is 0.750. The fourth-order valence-electron chi connectivity index (χ4n) is 1.40. The summed E-state index contributed by atoms with van der Waals surface area (Å²) < 4.78 is 1.10. The molecule has 0 amide bonds. The van der Waals surface area contributed by atoms with Gasteiger partial charge in [0.1, 0.15) is 0 Å². The molecule has 0 aromatic heterocycles. The van der Waals surface area contributed by atoms with E-state index in [9.17, 15) is 0 Å². The quantitative estimate of drug-likeness (QED) is 0.641. The predicted octanol–water partition coefficient (Wildman–Crippen LogP) is 3.50. The highest BCUT2D eigenvalue weighted by Crippen LogP contribution is 2.27. The van der Waals surface area contributed by atoms with Gasteiger partial charge in [0.25, 0.3) is 0 Å². The third-order valence-corrected chi connectivity index (χ3v) is 2.63. The first-order valence-corrected chi connectivity index (χ1v) is 5.38. The first-order chi connectivity index (χ1) is 6.65. The zero-order valence-electron chi connectivity index (χ0n) is 8.52. The van der Waals surface area contributed by atoms with Gasteiger partial charge >= 0.3 is 0 Å². The zero-order chi connectivity index (χ0) is 10.6. The Kier molecular flexibility index (Phi) is 4.03. The number of hydrogen-bond acceptors (Lipinski definition) is 1. The van der Waals surface area contributed by atoms with Crippen LogP contribution in [0, 0.1) is 26.2 Å². The van der Waals surface area contributed by atoms with E-state index >= 15 is 0 Å². The summed E-state index contributed by atoms with van der Waals surface area (Å²) in [6.45, 7) is 5.00. The number of aryl methyl sites for hydroxylation is 2. The monoisotopic (exact) mass is 251 g/mol. The van der Waals surface area contributed by atoms with Crippen molar-refractivity contribution in [2.24, 2.45) is 0 Å². The number of halogens is 1. The molecule has 1 rings (SSSR count). The molecule has 0 aliphatic rings. The van der Waals surface area contributed by atoms with Crippen LogP contribution in [0.1, 0.15) is 17.5 Å². The van der Waals surface area contributed by atoms with Crippen LogP contribution in [0.4, 0.5) is 5.69 Å². The molecule has 0 aliphatic heterocycles. The number of benzene rings is 1. The van der Waals surface area contributed by atoms with Crippen molar-refractivity contribution in [3.63, 3.8) is 0 Å². The van der Waals surface area contributed by atoms with Gasteiger partial charge in [-0.1, -0.05) is 6.07 Å². The van der Waals surface area contributed by atoms with E-state index in [0.717, 1.165) is 23.1 Å². The van der Waals surface area contributed by atoms with Gasteiger partial charge < -0.3 is 5.32 Å². The maximum Gasteiger partial charge on any atom is 0.0514 e. The van der Waals surface area contributed by atoms with E-state index in [0.29, 0.717) is 0 Å². The number of terminal acetylenes is 1. The van der Waals surface area contributed by atoms with Crippen molar-refractivity contribution < 1.29 is 0 Å². The van der Waals surface area contributed by atoms with Crippen molar-refractivity contribution in [2.75, 3.05) is 11.9 Å². The minimum atomic E-state index is 0.750. The van der Waals surface area contributed by atoms with Crippen LogP contribution in [0.3, 0.4) is 0 Å². The number of rotatable bonds is 3. The third kappa shape index (κ3) is 2.78. The summed E-state index contributed by atoms with van der Waals surface area (Å²) in [5, 5.41) is 3.32. The van der Waals surface area contributed by atoms with Crippen molar-refractivity contribution in [1.29, 1.82) is 0 Å². The average Bonchev–Trinajstić information content (AvgIpc) is 2.09. The summed E-state index contributed by atoms with van der Waals surface area (Å²) in [6, 6.07) is 4.26. The molecule has 0 bridgehead atoms. The molecule has 2 heteroatoms. The van der Waals surface area contributed by atoms with Crippen LogP contribution in [0.25, 0.3) is 0 Å². The SMILES string of the molecule is C#CCCNc1c(C)cc(C)cc1Br. The zero-order valence-corrected chi connectivity index (χ0v) is 10.1. The number of hydrogen-bond donors (Lipinski definition) is 1.